The van der Waals surface area contributed by atoms with E-state index in [2.05, 4.69) is 20.7 Å². The van der Waals surface area contributed by atoms with Crippen molar-refractivity contribution in [1.29, 1.82) is 0 Å². The molecule has 0 radical (unpaired) electrons. The highest BCUT2D eigenvalue weighted by molar-refractivity contribution is 9.10. The van der Waals surface area contributed by atoms with Gasteiger partial charge in [-0.2, -0.15) is 0 Å². The summed E-state index contributed by atoms with van der Waals surface area (Å²) in [5.41, 5.74) is 0.836. The molecular weight excluding hydrogens is 286 g/mol. The van der Waals surface area contributed by atoms with Gasteiger partial charge in [0.2, 0.25) is 0 Å². The van der Waals surface area contributed by atoms with Crippen molar-refractivity contribution in [1.82, 2.24) is 0 Å². The second-order valence-corrected chi connectivity index (χ2v) is 4.09. The van der Waals surface area contributed by atoms with E-state index in [1.807, 2.05) is 38.1 Å². The molecule has 4 nitrogen and oxygen atoms in total. The van der Waals surface area contributed by atoms with Crippen LogP contribution in [0.2, 0.25) is 0 Å². The number of halogens is 1. The van der Waals surface area contributed by atoms with E-state index in [9.17, 15) is 9.59 Å². The van der Waals surface area contributed by atoms with Gasteiger partial charge in [0.1, 0.15) is 13.1 Å². The quantitative estimate of drug-likeness (QED) is 0.590. The molecule has 1 fully saturated rings. The normalized spacial score (nSPS) is 14.9. The van der Waals surface area contributed by atoms with Gasteiger partial charge in [0.05, 0.1) is 0 Å². The van der Waals surface area contributed by atoms with Crippen LogP contribution in [0.5, 0.6) is 0 Å². The van der Waals surface area contributed by atoms with Crippen molar-refractivity contribution in [2.45, 2.75) is 13.8 Å². The molecule has 2 rings (SSSR count). The Morgan fingerprint density at radius 2 is 1.53 bits per heavy atom. The third-order valence-electron chi connectivity index (χ3n) is 2.06. The second-order valence-electron chi connectivity index (χ2n) is 3.18. The van der Waals surface area contributed by atoms with Crippen molar-refractivity contribution < 1.29 is 14.3 Å². The molecule has 0 spiro atoms. The fraction of sp³-hybridized carbons (Fsp3) is 0.333. The molecule has 5 heteroatoms. The molecule has 1 aliphatic heterocycles. The van der Waals surface area contributed by atoms with Gasteiger partial charge in [-0.25, -0.2) is 9.59 Å². The Labute approximate surface area is 109 Å². The first-order valence-corrected chi connectivity index (χ1v) is 6.18. The fourth-order valence-corrected chi connectivity index (χ4v) is 1.66. The average Bonchev–Trinajstić information content (AvgIpc) is 2.31. The van der Waals surface area contributed by atoms with Crippen molar-refractivity contribution in [3.8, 4) is 0 Å². The molecule has 1 heterocycles. The summed E-state index contributed by atoms with van der Waals surface area (Å²) < 4.78 is 5.39. The molecule has 0 aromatic heterocycles. The molecular formula is C12H14BrNO3. The summed E-state index contributed by atoms with van der Waals surface area (Å²) >= 11 is 3.32. The second kappa shape index (κ2) is 6.39. The van der Waals surface area contributed by atoms with Gasteiger partial charge in [0.25, 0.3) is 0 Å². The molecule has 1 aromatic rings. The molecule has 1 aliphatic rings. The maximum Gasteiger partial charge on any atom is 0.333 e. The van der Waals surface area contributed by atoms with Gasteiger partial charge in [-0.05, 0) is 24.3 Å². The smallest absolute Gasteiger partial charge is 0.333 e. The van der Waals surface area contributed by atoms with Crippen LogP contribution in [0.4, 0.5) is 5.69 Å². The third kappa shape index (κ3) is 3.85. The standard InChI is InChI=1S/C10H8BrNO3.C2H6/c11-7-1-3-8(4-2-7)12-5-9(13)15-10(14)6-12;1-2/h1-4H,5-6H2;1-2H3. The van der Waals surface area contributed by atoms with Crippen LogP contribution in [-0.2, 0) is 14.3 Å². The molecule has 0 atom stereocenters. The minimum absolute atomic E-state index is 0.118. The van der Waals surface area contributed by atoms with Crippen LogP contribution in [-0.4, -0.2) is 25.0 Å². The van der Waals surface area contributed by atoms with E-state index in [0.717, 1.165) is 10.2 Å². The van der Waals surface area contributed by atoms with Crippen LogP contribution >= 0.6 is 15.9 Å². The molecule has 1 saturated heterocycles. The minimum Gasteiger partial charge on any atom is -0.390 e. The van der Waals surface area contributed by atoms with Gasteiger partial charge in [0, 0.05) is 10.2 Å². The number of nitrogens with zero attached hydrogens (tertiary/aromatic N) is 1. The Morgan fingerprint density at radius 3 is 2.00 bits per heavy atom. The maximum atomic E-state index is 11.0. The van der Waals surface area contributed by atoms with E-state index in [1.165, 1.54) is 0 Å². The lowest BCUT2D eigenvalue weighted by Crippen LogP contribution is -2.42. The van der Waals surface area contributed by atoms with Gasteiger partial charge >= 0.3 is 11.9 Å². The molecule has 0 amide bonds. The highest BCUT2D eigenvalue weighted by Gasteiger charge is 2.24. The van der Waals surface area contributed by atoms with E-state index in [0.29, 0.717) is 0 Å². The van der Waals surface area contributed by atoms with Crippen LogP contribution in [0.3, 0.4) is 0 Å². The number of carbonyl (C=O) groups excluding carboxylic acids is 2. The maximum absolute atomic E-state index is 11.0. The number of hydrogen-bond acceptors (Lipinski definition) is 4. The van der Waals surface area contributed by atoms with Gasteiger partial charge in [-0.3, -0.25) is 0 Å². The molecule has 0 N–H and O–H groups in total. The zero-order valence-corrected chi connectivity index (χ0v) is 11.4. The van der Waals surface area contributed by atoms with Crippen molar-refractivity contribution in [2.24, 2.45) is 0 Å². The van der Waals surface area contributed by atoms with Crippen molar-refractivity contribution in [3.05, 3.63) is 28.7 Å². The number of morpholine rings is 1. The predicted octanol–water partition coefficient (Wildman–Crippen LogP) is 2.37. The summed E-state index contributed by atoms with van der Waals surface area (Å²) in [4.78, 5) is 23.7. The van der Waals surface area contributed by atoms with Crippen LogP contribution < -0.4 is 4.90 Å². The average molecular weight is 300 g/mol. The number of rotatable bonds is 1. The van der Waals surface area contributed by atoms with Crippen LogP contribution in [0.15, 0.2) is 28.7 Å². The number of cyclic esters (lactones) is 2. The molecule has 0 bridgehead atoms. The molecule has 17 heavy (non-hydrogen) atoms. The van der Waals surface area contributed by atoms with Crippen LogP contribution in [0.25, 0.3) is 0 Å². The Hall–Kier alpha value is -1.36. The lowest BCUT2D eigenvalue weighted by Gasteiger charge is -2.26. The predicted molar refractivity (Wildman–Crippen MR) is 68.8 cm³/mol. The zero-order valence-electron chi connectivity index (χ0n) is 9.77. The topological polar surface area (TPSA) is 46.6 Å². The highest BCUT2D eigenvalue weighted by atomic mass is 79.9. The van der Waals surface area contributed by atoms with E-state index in [4.69, 9.17) is 0 Å². The number of ether oxygens (including phenoxy) is 1. The van der Waals surface area contributed by atoms with Crippen LogP contribution in [0, 0.1) is 0 Å². The summed E-state index contributed by atoms with van der Waals surface area (Å²) in [6.45, 7) is 4.24. The first-order chi connectivity index (χ1) is 8.15. The number of carbonyl (C=O) groups is 2. The first kappa shape index (κ1) is 13.7. The Bertz CT molecular complexity index is 387. The Kier molecular flexibility index (Phi) is 5.15. The summed E-state index contributed by atoms with van der Waals surface area (Å²) in [5, 5.41) is 0. The fourth-order valence-electron chi connectivity index (χ4n) is 1.39. The van der Waals surface area contributed by atoms with Crippen molar-refractivity contribution >= 4 is 33.6 Å². The lowest BCUT2D eigenvalue weighted by atomic mass is 10.2. The van der Waals surface area contributed by atoms with Crippen molar-refractivity contribution in [3.63, 3.8) is 0 Å². The summed E-state index contributed by atoms with van der Waals surface area (Å²) in [5.74, 6) is -1.01. The summed E-state index contributed by atoms with van der Waals surface area (Å²) in [6, 6.07) is 7.41. The minimum atomic E-state index is -0.505. The molecule has 92 valence electrons. The monoisotopic (exact) mass is 299 g/mol. The van der Waals surface area contributed by atoms with Crippen molar-refractivity contribution in [2.75, 3.05) is 18.0 Å². The molecule has 1 aromatic carbocycles. The number of hydrogen-bond donors (Lipinski definition) is 0. The third-order valence-corrected chi connectivity index (χ3v) is 2.59. The summed E-state index contributed by atoms with van der Waals surface area (Å²) in [7, 11) is 0. The van der Waals surface area contributed by atoms with Gasteiger partial charge in [-0.15, -0.1) is 0 Å². The molecule has 0 aliphatic carbocycles. The molecule has 0 saturated carbocycles. The lowest BCUT2D eigenvalue weighted by molar-refractivity contribution is -0.160. The van der Waals surface area contributed by atoms with E-state index < -0.39 is 11.9 Å². The number of anilines is 1. The first-order valence-electron chi connectivity index (χ1n) is 5.39. The van der Waals surface area contributed by atoms with E-state index in [1.54, 1.807) is 4.90 Å². The Balaban J connectivity index is 0.000000686. The summed E-state index contributed by atoms with van der Waals surface area (Å²) in [6.07, 6.45) is 0. The highest BCUT2D eigenvalue weighted by Crippen LogP contribution is 2.19. The number of benzene rings is 1. The molecule has 0 unspecified atom stereocenters. The zero-order chi connectivity index (χ0) is 12.8. The van der Waals surface area contributed by atoms with Crippen LogP contribution in [0.1, 0.15) is 13.8 Å². The van der Waals surface area contributed by atoms with E-state index in [-0.39, 0.29) is 13.1 Å². The van der Waals surface area contributed by atoms with Gasteiger partial charge < -0.3 is 9.64 Å². The Morgan fingerprint density at radius 1 is 1.06 bits per heavy atom. The largest absolute Gasteiger partial charge is 0.390 e. The van der Waals surface area contributed by atoms with Gasteiger partial charge in [-0.1, -0.05) is 29.8 Å². The van der Waals surface area contributed by atoms with Gasteiger partial charge in [0.15, 0.2) is 0 Å². The number of esters is 2. The SMILES string of the molecule is CC.O=C1CN(c2ccc(Br)cc2)CC(=O)O1. The van der Waals surface area contributed by atoms with E-state index >= 15 is 0 Å².